The molecule has 29 heavy (non-hydrogen) atoms. The number of likely N-dealkylation sites (N-methyl/N-ethyl adjacent to an activating group) is 1. The van der Waals surface area contributed by atoms with Gasteiger partial charge in [-0.05, 0) is 49.9 Å². The summed E-state index contributed by atoms with van der Waals surface area (Å²) < 4.78 is 7.11. The van der Waals surface area contributed by atoms with Crippen LogP contribution < -0.4 is 5.56 Å². The maximum atomic E-state index is 13.6. The summed E-state index contributed by atoms with van der Waals surface area (Å²) in [6.07, 6.45) is 5.05. The van der Waals surface area contributed by atoms with E-state index in [2.05, 4.69) is 21.8 Å². The first kappa shape index (κ1) is 19.4. The number of rotatable bonds is 5. The van der Waals surface area contributed by atoms with Gasteiger partial charge in [0.25, 0.3) is 5.56 Å². The van der Waals surface area contributed by atoms with Crippen molar-refractivity contribution < 1.29 is 9.52 Å². The van der Waals surface area contributed by atoms with Crippen molar-refractivity contribution in [3.63, 3.8) is 0 Å². The Morgan fingerprint density at radius 1 is 1.17 bits per heavy atom. The first-order valence-corrected chi connectivity index (χ1v) is 9.83. The Bertz CT molecular complexity index is 1010. The molecule has 3 aromatic rings. The molecular weight excluding hydrogens is 368 g/mol. The largest absolute Gasteiger partial charge is 0.507 e. The van der Waals surface area contributed by atoms with Gasteiger partial charge < -0.3 is 19.0 Å². The second-order valence-electron chi connectivity index (χ2n) is 7.58. The SMILES string of the molecule is Cc1cc(O)c([C@H](c2ccncc2)N2CCN(C)CC2)c(=O)n1Cc1ccco1. The number of piperazine rings is 1. The van der Waals surface area contributed by atoms with E-state index in [0.717, 1.165) is 31.7 Å². The number of hydrogen-bond donors (Lipinski definition) is 1. The predicted molar refractivity (Wildman–Crippen MR) is 110 cm³/mol. The van der Waals surface area contributed by atoms with Gasteiger partial charge in [-0.3, -0.25) is 14.7 Å². The minimum atomic E-state index is -0.331. The van der Waals surface area contributed by atoms with Crippen LogP contribution in [0.25, 0.3) is 0 Å². The van der Waals surface area contributed by atoms with Crippen molar-refractivity contribution in [2.24, 2.45) is 0 Å². The molecule has 1 aliphatic heterocycles. The minimum absolute atomic E-state index is 0.0314. The van der Waals surface area contributed by atoms with Gasteiger partial charge in [0.2, 0.25) is 0 Å². The molecule has 1 saturated heterocycles. The summed E-state index contributed by atoms with van der Waals surface area (Å²) in [5.74, 6) is 0.732. The van der Waals surface area contributed by atoms with E-state index in [-0.39, 0.29) is 17.4 Å². The minimum Gasteiger partial charge on any atom is -0.507 e. The highest BCUT2D eigenvalue weighted by atomic mass is 16.3. The van der Waals surface area contributed by atoms with Crippen molar-refractivity contribution in [3.05, 3.63) is 81.9 Å². The Morgan fingerprint density at radius 2 is 1.90 bits per heavy atom. The van der Waals surface area contributed by atoms with Crippen LogP contribution in [0.3, 0.4) is 0 Å². The molecule has 0 bridgehead atoms. The Kier molecular flexibility index (Phi) is 5.51. The van der Waals surface area contributed by atoms with Gasteiger partial charge in [0, 0.05) is 44.3 Å². The van der Waals surface area contributed by atoms with E-state index in [0.29, 0.717) is 23.6 Å². The molecule has 0 amide bonds. The van der Waals surface area contributed by atoms with E-state index in [9.17, 15) is 9.90 Å². The molecule has 4 heterocycles. The normalized spacial score (nSPS) is 16.8. The van der Waals surface area contributed by atoms with Crippen molar-refractivity contribution in [2.75, 3.05) is 33.2 Å². The van der Waals surface area contributed by atoms with E-state index >= 15 is 0 Å². The van der Waals surface area contributed by atoms with Gasteiger partial charge >= 0.3 is 0 Å². The molecular formula is C22H26N4O3. The van der Waals surface area contributed by atoms with Gasteiger partial charge in [-0.1, -0.05) is 0 Å². The first-order chi connectivity index (χ1) is 14.0. The molecule has 0 unspecified atom stereocenters. The smallest absolute Gasteiger partial charge is 0.260 e. The number of aromatic nitrogens is 2. The highest BCUT2D eigenvalue weighted by Gasteiger charge is 2.30. The lowest BCUT2D eigenvalue weighted by atomic mass is 9.97. The van der Waals surface area contributed by atoms with Crippen LogP contribution in [0.5, 0.6) is 5.75 Å². The van der Waals surface area contributed by atoms with Gasteiger partial charge in [0.15, 0.2) is 0 Å². The van der Waals surface area contributed by atoms with Crippen LogP contribution in [-0.4, -0.2) is 57.7 Å². The van der Waals surface area contributed by atoms with E-state index in [1.807, 2.05) is 25.1 Å². The molecule has 0 aliphatic carbocycles. The third-order valence-electron chi connectivity index (χ3n) is 5.62. The fourth-order valence-corrected chi connectivity index (χ4v) is 3.97. The number of nitrogens with zero attached hydrogens (tertiary/aromatic N) is 4. The fraction of sp³-hybridized carbons (Fsp3) is 0.364. The zero-order valence-electron chi connectivity index (χ0n) is 16.8. The molecule has 0 spiro atoms. The quantitative estimate of drug-likeness (QED) is 0.715. The van der Waals surface area contributed by atoms with E-state index in [4.69, 9.17) is 4.42 Å². The Balaban J connectivity index is 1.82. The molecule has 1 aliphatic rings. The molecule has 1 atom stereocenters. The van der Waals surface area contributed by atoms with Crippen LogP contribution in [0.15, 0.2) is 58.2 Å². The summed E-state index contributed by atoms with van der Waals surface area (Å²) in [5.41, 5.74) is 1.85. The molecule has 4 rings (SSSR count). The molecule has 152 valence electrons. The number of furan rings is 1. The fourth-order valence-electron chi connectivity index (χ4n) is 3.97. The number of hydrogen-bond acceptors (Lipinski definition) is 6. The summed E-state index contributed by atoms with van der Waals surface area (Å²) in [6.45, 7) is 5.61. The van der Waals surface area contributed by atoms with Crippen LogP contribution in [0.1, 0.15) is 28.6 Å². The lowest BCUT2D eigenvalue weighted by Crippen LogP contribution is -2.47. The van der Waals surface area contributed by atoms with Crippen molar-refractivity contribution in [1.29, 1.82) is 0 Å². The Hall–Kier alpha value is -2.90. The summed E-state index contributed by atoms with van der Waals surface area (Å²) in [6, 6.07) is 8.82. The van der Waals surface area contributed by atoms with E-state index in [1.165, 1.54) is 0 Å². The highest BCUT2D eigenvalue weighted by molar-refractivity contribution is 5.40. The van der Waals surface area contributed by atoms with Crippen LogP contribution in [0.4, 0.5) is 0 Å². The zero-order chi connectivity index (χ0) is 20.4. The molecule has 7 heteroatoms. The van der Waals surface area contributed by atoms with Gasteiger partial charge in [-0.15, -0.1) is 0 Å². The molecule has 0 aromatic carbocycles. The number of aromatic hydroxyl groups is 1. The number of pyridine rings is 2. The van der Waals surface area contributed by atoms with E-state index in [1.54, 1.807) is 35.4 Å². The first-order valence-electron chi connectivity index (χ1n) is 9.83. The summed E-state index contributed by atoms with van der Waals surface area (Å²) in [4.78, 5) is 22.2. The summed E-state index contributed by atoms with van der Waals surface area (Å²) in [7, 11) is 2.10. The molecule has 7 nitrogen and oxygen atoms in total. The molecule has 0 radical (unpaired) electrons. The van der Waals surface area contributed by atoms with Crippen LogP contribution in [0, 0.1) is 6.92 Å². The van der Waals surface area contributed by atoms with Crippen LogP contribution in [-0.2, 0) is 6.54 Å². The van der Waals surface area contributed by atoms with E-state index < -0.39 is 0 Å². The van der Waals surface area contributed by atoms with Gasteiger partial charge in [0.05, 0.1) is 24.4 Å². The second kappa shape index (κ2) is 8.23. The van der Waals surface area contributed by atoms with Gasteiger partial charge in [-0.2, -0.15) is 0 Å². The monoisotopic (exact) mass is 394 g/mol. The maximum Gasteiger partial charge on any atom is 0.260 e. The van der Waals surface area contributed by atoms with Crippen molar-refractivity contribution in [1.82, 2.24) is 19.4 Å². The standard InChI is InChI=1S/C22H26N4O3/c1-16-14-19(27)20(22(28)26(16)15-18-4-3-13-29-18)21(17-5-7-23-8-6-17)25-11-9-24(2)10-12-25/h3-8,13-14,21,27H,9-12,15H2,1-2H3/t21-/m0/s1. The third-order valence-corrected chi connectivity index (χ3v) is 5.62. The average Bonchev–Trinajstić information content (AvgIpc) is 3.23. The Labute approximate surface area is 169 Å². The van der Waals surface area contributed by atoms with Crippen LogP contribution in [0.2, 0.25) is 0 Å². The van der Waals surface area contributed by atoms with Crippen molar-refractivity contribution in [2.45, 2.75) is 19.5 Å². The zero-order valence-corrected chi connectivity index (χ0v) is 16.8. The summed E-state index contributed by atoms with van der Waals surface area (Å²) in [5, 5.41) is 10.8. The van der Waals surface area contributed by atoms with Gasteiger partial charge in [0.1, 0.15) is 11.5 Å². The van der Waals surface area contributed by atoms with Gasteiger partial charge in [-0.25, -0.2) is 0 Å². The predicted octanol–water partition coefficient (Wildman–Crippen LogP) is 2.24. The van der Waals surface area contributed by atoms with Crippen LogP contribution >= 0.6 is 0 Å². The Morgan fingerprint density at radius 3 is 2.55 bits per heavy atom. The topological polar surface area (TPSA) is 74.7 Å². The average molecular weight is 394 g/mol. The lowest BCUT2D eigenvalue weighted by molar-refractivity contribution is 0.125. The molecule has 1 fully saturated rings. The molecule has 1 N–H and O–H groups in total. The highest BCUT2D eigenvalue weighted by Crippen LogP contribution is 2.33. The third kappa shape index (κ3) is 3.97. The lowest BCUT2D eigenvalue weighted by Gasteiger charge is -2.38. The van der Waals surface area contributed by atoms with Crippen molar-refractivity contribution >= 4 is 0 Å². The molecule has 0 saturated carbocycles. The summed E-state index contributed by atoms with van der Waals surface area (Å²) >= 11 is 0. The number of aryl methyl sites for hydroxylation is 1. The second-order valence-corrected chi connectivity index (χ2v) is 7.58. The molecule has 3 aromatic heterocycles. The maximum absolute atomic E-state index is 13.6. The van der Waals surface area contributed by atoms with Crippen molar-refractivity contribution in [3.8, 4) is 5.75 Å².